The molecule has 110 valence electrons. The Labute approximate surface area is 123 Å². The number of rotatable bonds is 4. The summed E-state index contributed by atoms with van der Waals surface area (Å²) in [4.78, 5) is 12.3. The molecule has 0 radical (unpaired) electrons. The lowest BCUT2D eigenvalue weighted by Crippen LogP contribution is -2.27. The molecule has 2 rings (SSSR count). The van der Waals surface area contributed by atoms with Crippen molar-refractivity contribution in [2.24, 2.45) is 0 Å². The molecule has 0 aromatic heterocycles. The number of hydrogen-bond donors (Lipinski definition) is 1. The van der Waals surface area contributed by atoms with E-state index in [0.717, 1.165) is 11.1 Å². The second-order valence-electron chi connectivity index (χ2n) is 4.90. The van der Waals surface area contributed by atoms with Gasteiger partial charge in [0.15, 0.2) is 0 Å². The van der Waals surface area contributed by atoms with E-state index in [1.807, 2.05) is 38.1 Å². The molecule has 2 aromatic carbocycles. The van der Waals surface area contributed by atoms with E-state index in [0.29, 0.717) is 5.75 Å². The molecule has 21 heavy (non-hydrogen) atoms. The zero-order valence-electron chi connectivity index (χ0n) is 12.3. The van der Waals surface area contributed by atoms with Crippen molar-refractivity contribution in [2.45, 2.75) is 19.9 Å². The predicted molar refractivity (Wildman–Crippen MR) is 80.0 cm³/mol. The smallest absolute Gasteiger partial charge is 0.255 e. The molecular formula is C17H18FNO2. The van der Waals surface area contributed by atoms with Crippen molar-refractivity contribution in [1.29, 1.82) is 0 Å². The van der Waals surface area contributed by atoms with Gasteiger partial charge in [0.1, 0.15) is 11.6 Å². The topological polar surface area (TPSA) is 38.3 Å². The van der Waals surface area contributed by atoms with Crippen LogP contribution in [0.3, 0.4) is 0 Å². The molecule has 1 unspecified atom stereocenters. The molecule has 0 aliphatic heterocycles. The van der Waals surface area contributed by atoms with Crippen molar-refractivity contribution in [2.75, 3.05) is 7.11 Å². The summed E-state index contributed by atoms with van der Waals surface area (Å²) in [5.41, 5.74) is 2.32. The van der Waals surface area contributed by atoms with Crippen LogP contribution in [0.4, 0.5) is 4.39 Å². The fourth-order valence-corrected chi connectivity index (χ4v) is 2.28. The van der Waals surface area contributed by atoms with Crippen molar-refractivity contribution in [3.8, 4) is 5.75 Å². The molecular weight excluding hydrogens is 269 g/mol. The van der Waals surface area contributed by atoms with Crippen LogP contribution in [0.15, 0.2) is 42.5 Å². The molecule has 0 heterocycles. The normalized spacial score (nSPS) is 11.8. The van der Waals surface area contributed by atoms with Crippen LogP contribution in [0.25, 0.3) is 0 Å². The van der Waals surface area contributed by atoms with E-state index < -0.39 is 5.82 Å². The Bertz CT molecular complexity index is 655. The third-order valence-electron chi connectivity index (χ3n) is 3.41. The Morgan fingerprint density at radius 1 is 1.24 bits per heavy atom. The predicted octanol–water partition coefficient (Wildman–Crippen LogP) is 3.63. The number of ether oxygens (including phenoxy) is 1. The third kappa shape index (κ3) is 3.40. The van der Waals surface area contributed by atoms with E-state index in [-0.39, 0.29) is 17.5 Å². The Balaban J connectivity index is 2.22. The SMILES string of the molecule is COc1ccc(F)cc1C(=O)NC(C)c1ccccc1C. The lowest BCUT2D eigenvalue weighted by Gasteiger charge is -2.17. The Kier molecular flexibility index (Phi) is 4.58. The minimum Gasteiger partial charge on any atom is -0.496 e. The van der Waals surface area contributed by atoms with Gasteiger partial charge in [0.05, 0.1) is 18.7 Å². The number of nitrogens with one attached hydrogen (secondary N) is 1. The van der Waals surface area contributed by atoms with Gasteiger partial charge in [0.25, 0.3) is 5.91 Å². The van der Waals surface area contributed by atoms with Gasteiger partial charge in [-0.05, 0) is 43.2 Å². The fraction of sp³-hybridized carbons (Fsp3) is 0.235. The van der Waals surface area contributed by atoms with Crippen LogP contribution < -0.4 is 10.1 Å². The summed E-state index contributed by atoms with van der Waals surface area (Å²) in [7, 11) is 1.45. The van der Waals surface area contributed by atoms with Gasteiger partial charge in [-0.1, -0.05) is 24.3 Å². The Morgan fingerprint density at radius 3 is 2.62 bits per heavy atom. The van der Waals surface area contributed by atoms with Crippen LogP contribution in [0.2, 0.25) is 0 Å². The molecule has 1 amide bonds. The average molecular weight is 287 g/mol. The largest absolute Gasteiger partial charge is 0.496 e. The van der Waals surface area contributed by atoms with Gasteiger partial charge in [-0.25, -0.2) is 4.39 Å². The minimum atomic E-state index is -0.468. The monoisotopic (exact) mass is 287 g/mol. The average Bonchev–Trinajstić information content (AvgIpc) is 2.47. The van der Waals surface area contributed by atoms with Crippen molar-refractivity contribution in [1.82, 2.24) is 5.32 Å². The summed E-state index contributed by atoms with van der Waals surface area (Å²) < 4.78 is 18.4. The Hall–Kier alpha value is -2.36. The lowest BCUT2D eigenvalue weighted by atomic mass is 10.0. The van der Waals surface area contributed by atoms with Crippen LogP contribution >= 0.6 is 0 Å². The number of benzene rings is 2. The molecule has 2 aromatic rings. The maximum atomic E-state index is 13.3. The summed E-state index contributed by atoms with van der Waals surface area (Å²) >= 11 is 0. The molecule has 1 atom stereocenters. The maximum Gasteiger partial charge on any atom is 0.255 e. The maximum absolute atomic E-state index is 13.3. The van der Waals surface area contributed by atoms with Crippen molar-refractivity contribution >= 4 is 5.91 Å². The first-order chi connectivity index (χ1) is 10.0. The number of carbonyl (C=O) groups excluding carboxylic acids is 1. The van der Waals surface area contributed by atoms with Gasteiger partial charge in [-0.2, -0.15) is 0 Å². The number of aryl methyl sites for hydroxylation is 1. The van der Waals surface area contributed by atoms with Gasteiger partial charge in [-0.15, -0.1) is 0 Å². The number of carbonyl (C=O) groups is 1. The molecule has 1 N–H and O–H groups in total. The molecule has 3 nitrogen and oxygen atoms in total. The summed E-state index contributed by atoms with van der Waals surface area (Å²) in [5, 5.41) is 2.87. The molecule has 4 heteroatoms. The standard InChI is InChI=1S/C17H18FNO2/c1-11-6-4-5-7-14(11)12(2)19-17(20)15-10-13(18)8-9-16(15)21-3/h4-10,12H,1-3H3,(H,19,20). The summed E-state index contributed by atoms with van der Waals surface area (Å²) in [6.07, 6.45) is 0. The molecule has 0 fully saturated rings. The first kappa shape index (κ1) is 15.0. The molecule has 0 spiro atoms. The van der Waals surface area contributed by atoms with Crippen molar-refractivity contribution in [3.63, 3.8) is 0 Å². The summed E-state index contributed by atoms with van der Waals surface area (Å²) in [6, 6.07) is 11.5. The van der Waals surface area contributed by atoms with E-state index in [1.54, 1.807) is 0 Å². The highest BCUT2D eigenvalue weighted by Gasteiger charge is 2.17. The number of halogens is 1. The van der Waals surface area contributed by atoms with Crippen LogP contribution in [-0.4, -0.2) is 13.0 Å². The van der Waals surface area contributed by atoms with Gasteiger partial charge in [-0.3, -0.25) is 4.79 Å². The number of amides is 1. The second-order valence-corrected chi connectivity index (χ2v) is 4.90. The minimum absolute atomic E-state index is 0.174. The van der Waals surface area contributed by atoms with E-state index in [9.17, 15) is 9.18 Å². The zero-order valence-corrected chi connectivity index (χ0v) is 12.3. The van der Waals surface area contributed by atoms with Gasteiger partial charge in [0, 0.05) is 0 Å². The molecule has 0 saturated heterocycles. The molecule has 0 saturated carbocycles. The van der Waals surface area contributed by atoms with Crippen LogP contribution in [0, 0.1) is 12.7 Å². The van der Waals surface area contributed by atoms with Crippen LogP contribution in [0.1, 0.15) is 34.5 Å². The highest BCUT2D eigenvalue weighted by Crippen LogP contribution is 2.22. The lowest BCUT2D eigenvalue weighted by molar-refractivity contribution is 0.0936. The van der Waals surface area contributed by atoms with Gasteiger partial charge < -0.3 is 10.1 Å². The van der Waals surface area contributed by atoms with Crippen LogP contribution in [-0.2, 0) is 0 Å². The molecule has 0 aliphatic rings. The van der Waals surface area contributed by atoms with E-state index in [2.05, 4.69) is 5.32 Å². The molecule has 0 bridgehead atoms. The Morgan fingerprint density at radius 2 is 1.95 bits per heavy atom. The van der Waals surface area contributed by atoms with Crippen LogP contribution in [0.5, 0.6) is 5.75 Å². The van der Waals surface area contributed by atoms with E-state index in [4.69, 9.17) is 4.74 Å². The first-order valence-electron chi connectivity index (χ1n) is 6.73. The van der Waals surface area contributed by atoms with Crippen molar-refractivity contribution < 1.29 is 13.9 Å². The number of methoxy groups -OCH3 is 1. The van der Waals surface area contributed by atoms with Gasteiger partial charge >= 0.3 is 0 Å². The quantitative estimate of drug-likeness (QED) is 0.932. The first-order valence-corrected chi connectivity index (χ1v) is 6.73. The summed E-state index contributed by atoms with van der Waals surface area (Å²) in [6.45, 7) is 3.88. The highest BCUT2D eigenvalue weighted by atomic mass is 19.1. The highest BCUT2D eigenvalue weighted by molar-refractivity contribution is 5.97. The molecule has 0 aliphatic carbocycles. The summed E-state index contributed by atoms with van der Waals surface area (Å²) in [5.74, 6) is -0.475. The zero-order chi connectivity index (χ0) is 15.4. The fourth-order valence-electron chi connectivity index (χ4n) is 2.28. The third-order valence-corrected chi connectivity index (χ3v) is 3.41. The second kappa shape index (κ2) is 6.39. The number of hydrogen-bond acceptors (Lipinski definition) is 2. The van der Waals surface area contributed by atoms with Gasteiger partial charge in [0.2, 0.25) is 0 Å². The van der Waals surface area contributed by atoms with Crippen molar-refractivity contribution in [3.05, 3.63) is 65.0 Å². The van der Waals surface area contributed by atoms with E-state index in [1.165, 1.54) is 25.3 Å². The van der Waals surface area contributed by atoms with E-state index >= 15 is 0 Å².